The molecule has 9 heteroatoms. The Labute approximate surface area is 198 Å². The number of fused-ring (bicyclic) bond motifs is 1. The molecular formula is C25H27FN2O5S. The molecule has 0 aromatic heterocycles. The van der Waals surface area contributed by atoms with E-state index in [0.29, 0.717) is 30.8 Å². The van der Waals surface area contributed by atoms with Crippen molar-refractivity contribution in [2.45, 2.75) is 37.4 Å². The van der Waals surface area contributed by atoms with Crippen LogP contribution in [0, 0.1) is 5.82 Å². The van der Waals surface area contributed by atoms with Gasteiger partial charge in [0.2, 0.25) is 0 Å². The summed E-state index contributed by atoms with van der Waals surface area (Å²) in [6.45, 7) is 5.94. The average molecular weight is 487 g/mol. The van der Waals surface area contributed by atoms with Gasteiger partial charge in [0.05, 0.1) is 4.90 Å². The maximum Gasteiger partial charge on any atom is 0.294 e. The predicted octanol–water partition coefficient (Wildman–Crippen LogP) is 3.73. The summed E-state index contributed by atoms with van der Waals surface area (Å²) >= 11 is 0. The fourth-order valence-electron chi connectivity index (χ4n) is 4.27. The van der Waals surface area contributed by atoms with Gasteiger partial charge in [-0.2, -0.15) is 8.42 Å². The highest BCUT2D eigenvalue weighted by molar-refractivity contribution is 7.85. The van der Waals surface area contributed by atoms with E-state index in [1.807, 2.05) is 11.8 Å². The van der Waals surface area contributed by atoms with Crippen LogP contribution in [0.4, 0.5) is 4.39 Å². The van der Waals surface area contributed by atoms with Crippen LogP contribution in [0.3, 0.4) is 0 Å². The normalized spacial score (nSPS) is 19.4. The number of ether oxygens (including phenoxy) is 1. The van der Waals surface area contributed by atoms with Crippen LogP contribution in [-0.2, 0) is 21.5 Å². The Bertz CT molecular complexity index is 1300. The molecule has 2 unspecified atom stereocenters. The topological polar surface area (TPSA) is 87.1 Å². The van der Waals surface area contributed by atoms with Gasteiger partial charge in [-0.3, -0.25) is 14.2 Å². The predicted molar refractivity (Wildman–Crippen MR) is 127 cm³/mol. The lowest BCUT2D eigenvalue weighted by molar-refractivity contribution is -0.139. The molecule has 180 valence electrons. The van der Waals surface area contributed by atoms with E-state index in [9.17, 15) is 22.2 Å². The minimum atomic E-state index is -4.27. The maximum atomic E-state index is 13.2. The second-order valence-electron chi connectivity index (χ2n) is 8.73. The van der Waals surface area contributed by atoms with Crippen LogP contribution in [0.2, 0.25) is 0 Å². The van der Waals surface area contributed by atoms with Crippen molar-refractivity contribution >= 4 is 26.8 Å². The largest absolute Gasteiger partial charge is 0.484 e. The number of nitrogens with zero attached hydrogens (tertiary/aromatic N) is 2. The molecule has 1 fully saturated rings. The molecule has 0 radical (unpaired) electrons. The highest BCUT2D eigenvalue weighted by Crippen LogP contribution is 2.24. The van der Waals surface area contributed by atoms with Gasteiger partial charge in [0, 0.05) is 31.7 Å². The van der Waals surface area contributed by atoms with Crippen LogP contribution in [0.1, 0.15) is 19.4 Å². The monoisotopic (exact) mass is 486 g/mol. The summed E-state index contributed by atoms with van der Waals surface area (Å²) in [7, 11) is -4.27. The van der Waals surface area contributed by atoms with E-state index in [-0.39, 0.29) is 35.3 Å². The third-order valence-electron chi connectivity index (χ3n) is 6.18. The van der Waals surface area contributed by atoms with Crippen molar-refractivity contribution in [2.75, 3.05) is 19.7 Å². The zero-order valence-corrected chi connectivity index (χ0v) is 19.8. The lowest BCUT2D eigenvalue weighted by atomic mass is 10.1. The van der Waals surface area contributed by atoms with Crippen molar-refractivity contribution in [3.8, 4) is 5.75 Å². The number of halogens is 1. The molecule has 2 atom stereocenters. The van der Waals surface area contributed by atoms with Crippen LogP contribution in [0.25, 0.3) is 10.8 Å². The van der Waals surface area contributed by atoms with Crippen molar-refractivity contribution in [1.29, 1.82) is 0 Å². The number of carbonyl (C=O) groups excluding carboxylic acids is 1. The number of rotatable bonds is 6. The lowest BCUT2D eigenvalue weighted by Gasteiger charge is -2.44. The van der Waals surface area contributed by atoms with Crippen molar-refractivity contribution in [2.24, 2.45) is 0 Å². The highest BCUT2D eigenvalue weighted by atomic mass is 32.2. The minimum Gasteiger partial charge on any atom is -0.484 e. The van der Waals surface area contributed by atoms with Crippen LogP contribution >= 0.6 is 0 Å². The second-order valence-corrected chi connectivity index (χ2v) is 10.2. The van der Waals surface area contributed by atoms with Crippen LogP contribution in [-0.4, -0.2) is 60.5 Å². The number of hydrogen-bond donors (Lipinski definition) is 1. The van der Waals surface area contributed by atoms with E-state index in [4.69, 9.17) is 4.74 Å². The highest BCUT2D eigenvalue weighted by Gasteiger charge is 2.32. The third-order valence-corrected chi connectivity index (χ3v) is 7.03. The molecule has 0 saturated carbocycles. The summed E-state index contributed by atoms with van der Waals surface area (Å²) in [4.78, 5) is 16.8. The summed E-state index contributed by atoms with van der Waals surface area (Å²) in [6.07, 6.45) is 0. The quantitative estimate of drug-likeness (QED) is 0.535. The molecule has 1 aliphatic heterocycles. The van der Waals surface area contributed by atoms with Crippen molar-refractivity contribution in [3.05, 3.63) is 72.0 Å². The molecule has 7 nitrogen and oxygen atoms in total. The van der Waals surface area contributed by atoms with Gasteiger partial charge in [-0.1, -0.05) is 24.3 Å². The van der Waals surface area contributed by atoms with Crippen LogP contribution in [0.15, 0.2) is 65.6 Å². The first-order valence-corrected chi connectivity index (χ1v) is 12.5. The molecule has 1 heterocycles. The third kappa shape index (κ3) is 5.55. The van der Waals surface area contributed by atoms with E-state index in [0.717, 1.165) is 10.9 Å². The fraction of sp³-hybridized carbons (Fsp3) is 0.320. The molecule has 1 amide bonds. The van der Waals surface area contributed by atoms with E-state index in [1.165, 1.54) is 24.3 Å². The number of carbonyl (C=O) groups is 1. The molecule has 0 spiro atoms. The number of piperazine rings is 1. The van der Waals surface area contributed by atoms with Crippen molar-refractivity contribution < 1.29 is 26.9 Å². The maximum absolute atomic E-state index is 13.2. The molecule has 3 aromatic carbocycles. The van der Waals surface area contributed by atoms with E-state index in [2.05, 4.69) is 11.8 Å². The van der Waals surface area contributed by atoms with Crippen molar-refractivity contribution in [1.82, 2.24) is 9.80 Å². The van der Waals surface area contributed by atoms with Gasteiger partial charge in [-0.25, -0.2) is 4.39 Å². The first-order valence-electron chi connectivity index (χ1n) is 11.0. The molecule has 1 aliphatic rings. The van der Waals surface area contributed by atoms with Gasteiger partial charge in [0.15, 0.2) is 6.61 Å². The van der Waals surface area contributed by atoms with Gasteiger partial charge in [0.25, 0.3) is 16.0 Å². The molecule has 4 rings (SSSR count). The van der Waals surface area contributed by atoms with E-state index < -0.39 is 10.1 Å². The van der Waals surface area contributed by atoms with Gasteiger partial charge in [-0.05, 0) is 66.6 Å². The zero-order chi connectivity index (χ0) is 24.5. The number of hydrogen-bond acceptors (Lipinski definition) is 5. The summed E-state index contributed by atoms with van der Waals surface area (Å²) < 4.78 is 50.7. The Hall–Kier alpha value is -3.01. The van der Waals surface area contributed by atoms with Gasteiger partial charge in [0.1, 0.15) is 11.6 Å². The minimum absolute atomic E-state index is 0.00297. The molecule has 3 aromatic rings. The standard InChI is InChI=1S/C25H27FN2O5S/c1-17-14-28(18(2)13-27(17)15-19-3-7-22(26)8-4-19)25(29)16-33-23-9-5-21-12-24(34(30,31)32)10-6-20(21)11-23/h3-12,17-18H,13-16H2,1-2H3,(H,30,31,32). The lowest BCUT2D eigenvalue weighted by Crippen LogP contribution is -2.58. The summed E-state index contributed by atoms with van der Waals surface area (Å²) in [5, 5.41) is 1.36. The molecule has 34 heavy (non-hydrogen) atoms. The number of benzene rings is 3. The first-order chi connectivity index (χ1) is 16.1. The summed E-state index contributed by atoms with van der Waals surface area (Å²) in [5.74, 6) is 0.133. The van der Waals surface area contributed by atoms with Crippen molar-refractivity contribution in [3.63, 3.8) is 0 Å². The van der Waals surface area contributed by atoms with Crippen LogP contribution < -0.4 is 4.74 Å². The Balaban J connectivity index is 1.36. The summed E-state index contributed by atoms with van der Waals surface area (Å²) in [6, 6.07) is 16.0. The van der Waals surface area contributed by atoms with E-state index >= 15 is 0 Å². The fourth-order valence-corrected chi connectivity index (χ4v) is 4.79. The Morgan fingerprint density at radius 1 is 1.00 bits per heavy atom. The Morgan fingerprint density at radius 3 is 2.38 bits per heavy atom. The SMILES string of the molecule is CC1CN(C(=O)COc2ccc3cc(S(=O)(=O)O)ccc3c2)C(C)CN1Cc1ccc(F)cc1. The summed E-state index contributed by atoms with van der Waals surface area (Å²) in [5.41, 5.74) is 1.03. The first kappa shape index (κ1) is 24.1. The zero-order valence-electron chi connectivity index (χ0n) is 19.0. The average Bonchev–Trinajstić information content (AvgIpc) is 2.80. The molecule has 1 N–H and O–H groups in total. The Kier molecular flexibility index (Phi) is 6.88. The van der Waals surface area contributed by atoms with Gasteiger partial charge in [-0.15, -0.1) is 0 Å². The molecule has 0 aliphatic carbocycles. The molecular weight excluding hydrogens is 459 g/mol. The molecule has 1 saturated heterocycles. The number of amides is 1. The smallest absolute Gasteiger partial charge is 0.294 e. The second kappa shape index (κ2) is 9.69. The van der Waals surface area contributed by atoms with Crippen LogP contribution in [0.5, 0.6) is 5.75 Å². The van der Waals surface area contributed by atoms with E-state index in [1.54, 1.807) is 36.4 Å². The van der Waals surface area contributed by atoms with Gasteiger partial charge < -0.3 is 9.64 Å². The van der Waals surface area contributed by atoms with Gasteiger partial charge >= 0.3 is 0 Å². The molecule has 0 bridgehead atoms. The Morgan fingerprint density at radius 2 is 1.68 bits per heavy atom.